The second-order valence-corrected chi connectivity index (χ2v) is 38.5. The Bertz CT molecular complexity index is 7460. The topological polar surface area (TPSA) is 221 Å². The van der Waals surface area contributed by atoms with E-state index in [9.17, 15) is 38.4 Å². The summed E-state index contributed by atoms with van der Waals surface area (Å²) in [7, 11) is 3.34. The lowest BCUT2D eigenvalue weighted by molar-refractivity contribution is 0.100. The molecule has 0 spiro atoms. The Hall–Kier alpha value is -14.7. The molecular formula is C118H112N4O15. The molecule has 14 aromatic rings. The van der Waals surface area contributed by atoms with E-state index >= 15 is 0 Å². The minimum absolute atomic E-state index is 0.149. The van der Waals surface area contributed by atoms with Crippen LogP contribution < -0.4 is 54.9 Å². The molecule has 137 heavy (non-hydrogen) atoms. The van der Waals surface area contributed by atoms with Crippen molar-refractivity contribution in [1.29, 1.82) is 0 Å². The summed E-state index contributed by atoms with van der Waals surface area (Å²) in [6.45, 7) is 25.8. The largest absolute Gasteiger partial charge is 0.497 e. The number of ketones is 4. The van der Waals surface area contributed by atoms with Gasteiger partial charge in [-0.05, 0) is 205 Å². The van der Waals surface area contributed by atoms with Crippen LogP contribution in [0.15, 0.2) is 250 Å². The first-order valence-electron chi connectivity index (χ1n) is 47.7. The molecule has 0 aliphatic carbocycles. The molecule has 0 fully saturated rings. The Balaban J connectivity index is 0.000000117. The number of pyridine rings is 4. The van der Waals surface area contributed by atoms with Crippen LogP contribution in [0.3, 0.4) is 0 Å². The van der Waals surface area contributed by atoms with Crippen LogP contribution >= 0.6 is 0 Å². The monoisotopic (exact) mass is 1820 g/mol. The zero-order valence-corrected chi connectivity index (χ0v) is 80.0. The van der Waals surface area contributed by atoms with E-state index in [4.69, 9.17) is 33.2 Å². The predicted molar refractivity (Wildman–Crippen MR) is 538 cm³/mol. The molecular weight excluding hydrogens is 1710 g/mol. The number of hydrogen-bond acceptors (Lipinski definition) is 15. The summed E-state index contributed by atoms with van der Waals surface area (Å²) < 4.78 is 50.0. The van der Waals surface area contributed by atoms with Crippen LogP contribution in [0.2, 0.25) is 0 Å². The molecule has 694 valence electrons. The number of rotatable bonds is 17. The number of carbonyl (C=O) groups excluding carboxylic acids is 4. The minimum Gasteiger partial charge on any atom is -0.497 e. The molecule has 4 atom stereocenters. The second-order valence-electron chi connectivity index (χ2n) is 38.5. The molecule has 0 amide bonds. The predicted octanol–water partition coefficient (Wildman–Crippen LogP) is 23.8. The fourth-order valence-corrected chi connectivity index (χ4v) is 21.6. The van der Waals surface area contributed by atoms with E-state index in [1.165, 1.54) is 66.6 Å². The normalized spacial score (nSPS) is 15.9. The molecule has 10 aromatic carbocycles. The summed E-state index contributed by atoms with van der Waals surface area (Å²) in [5, 5.41) is 0. The number of methoxy groups -OCH3 is 2. The van der Waals surface area contributed by atoms with Crippen LogP contribution in [-0.2, 0) is 51.4 Å². The van der Waals surface area contributed by atoms with Crippen LogP contribution in [0.4, 0.5) is 0 Å². The van der Waals surface area contributed by atoms with E-state index in [1.807, 2.05) is 78.9 Å². The van der Waals surface area contributed by atoms with Crippen LogP contribution in [0, 0.1) is 23.7 Å². The average Bonchev–Trinajstić information content (AvgIpc) is 1.72. The SMILES string of the molecule is CC(=O)c1cn2c(cc1=O)-c1c(cc(-c3ccc(-c4ccccc4)cc3)c3c1CCO3)CC2C(C)C.CC(=O)c1cn2c(cc1=O)-c1c(cc(-c3ccc(Oc4ccccc4)cc3)c3c1CCO3)CC2C(C)C.COc1ccc(-c2cc3c(c4c2OCC4)-c2cc(=O)c(C(C)=O)cn2C(C(C)C)C3)cc1.COc1cccc(-c2cc3c(c4c2OCC4)-c2cc(=O)c(C(C)=O)cn2C(C(C)C)C3)c1. The third-order valence-corrected chi connectivity index (χ3v) is 28.5. The van der Waals surface area contributed by atoms with Gasteiger partial charge in [0.15, 0.2) is 44.8 Å². The van der Waals surface area contributed by atoms with Gasteiger partial charge in [-0.3, -0.25) is 38.4 Å². The molecule has 19 heteroatoms. The van der Waals surface area contributed by atoms with E-state index in [-0.39, 0.29) is 91.3 Å². The lowest BCUT2D eigenvalue weighted by Gasteiger charge is -2.34. The number of aromatic nitrogens is 4. The lowest BCUT2D eigenvalue weighted by atomic mass is 9.82. The number of nitrogens with zero attached hydrogens (tertiary/aromatic N) is 4. The van der Waals surface area contributed by atoms with Crippen molar-refractivity contribution in [3.63, 3.8) is 0 Å². The number of para-hydroxylation sites is 1. The maximum Gasteiger partial charge on any atom is 0.192 e. The van der Waals surface area contributed by atoms with Gasteiger partial charge in [-0.25, -0.2) is 0 Å². The summed E-state index contributed by atoms with van der Waals surface area (Å²) in [6.07, 6.45) is 13.7. The highest BCUT2D eigenvalue weighted by Gasteiger charge is 2.40. The van der Waals surface area contributed by atoms with Gasteiger partial charge in [0.2, 0.25) is 0 Å². The van der Waals surface area contributed by atoms with Crippen molar-refractivity contribution >= 4 is 23.1 Å². The third-order valence-electron chi connectivity index (χ3n) is 28.5. The number of hydrogen-bond donors (Lipinski definition) is 0. The molecule has 0 radical (unpaired) electrons. The van der Waals surface area contributed by atoms with Crippen molar-refractivity contribution in [2.75, 3.05) is 40.6 Å². The third kappa shape index (κ3) is 17.1. The first kappa shape index (κ1) is 91.4. The number of carbonyl (C=O) groups is 4. The summed E-state index contributed by atoms with van der Waals surface area (Å²) in [4.78, 5) is 99.8. The Morgan fingerprint density at radius 1 is 0.292 bits per heavy atom. The Kier molecular flexibility index (Phi) is 25.0. The molecule has 22 rings (SSSR count). The number of benzene rings is 10. The number of Topliss-reactive ketones (excluding diaryl/α,β-unsaturated/α-hetero) is 4. The van der Waals surface area contributed by atoms with Gasteiger partial charge in [-0.2, -0.15) is 0 Å². The first-order chi connectivity index (χ1) is 66.1. The van der Waals surface area contributed by atoms with Crippen molar-refractivity contribution in [3.8, 4) is 147 Å². The van der Waals surface area contributed by atoms with Gasteiger partial charge in [0, 0.05) is 166 Å². The molecule has 0 saturated carbocycles. The first-order valence-corrected chi connectivity index (χ1v) is 47.7. The number of fused-ring (bicyclic) bond motifs is 20. The van der Waals surface area contributed by atoms with Gasteiger partial charge in [0.1, 0.15) is 46.0 Å². The zero-order valence-electron chi connectivity index (χ0n) is 80.0. The van der Waals surface area contributed by atoms with Gasteiger partial charge >= 0.3 is 0 Å². The van der Waals surface area contributed by atoms with E-state index in [0.29, 0.717) is 50.1 Å². The van der Waals surface area contributed by atoms with Gasteiger partial charge in [0.25, 0.3) is 0 Å². The van der Waals surface area contributed by atoms with Crippen molar-refractivity contribution in [2.45, 2.75) is 159 Å². The van der Waals surface area contributed by atoms with E-state index in [1.54, 1.807) is 63.3 Å². The van der Waals surface area contributed by atoms with Crippen LogP contribution in [0.1, 0.15) is 193 Å². The maximum absolute atomic E-state index is 12.9. The summed E-state index contributed by atoms with van der Waals surface area (Å²) >= 11 is 0. The molecule has 4 unspecified atom stereocenters. The van der Waals surface area contributed by atoms with Gasteiger partial charge in [0.05, 0.1) is 85.7 Å². The minimum atomic E-state index is -0.222. The molecule has 12 heterocycles. The molecule has 8 aliphatic rings. The Labute approximate surface area is 797 Å². The molecule has 4 aromatic heterocycles. The summed E-state index contributed by atoms with van der Waals surface area (Å²) in [6, 6.07) is 69.2. The smallest absolute Gasteiger partial charge is 0.192 e. The Morgan fingerprint density at radius 3 is 0.847 bits per heavy atom. The number of ether oxygens (including phenoxy) is 7. The van der Waals surface area contributed by atoms with Crippen molar-refractivity contribution < 1.29 is 52.3 Å². The summed E-state index contributed by atoms with van der Waals surface area (Å²) in [5.41, 5.74) is 28.7. The average molecular weight is 1830 g/mol. The highest BCUT2D eigenvalue weighted by Crippen LogP contribution is 2.55. The highest BCUT2D eigenvalue weighted by atomic mass is 16.5. The van der Waals surface area contributed by atoms with Gasteiger partial charge in [-0.15, -0.1) is 0 Å². The van der Waals surface area contributed by atoms with Crippen molar-refractivity contribution in [2.24, 2.45) is 23.7 Å². The van der Waals surface area contributed by atoms with Crippen molar-refractivity contribution in [1.82, 2.24) is 18.3 Å². The fourth-order valence-electron chi connectivity index (χ4n) is 21.6. The van der Waals surface area contributed by atoms with Gasteiger partial charge in [-0.1, -0.05) is 165 Å². The van der Waals surface area contributed by atoms with Crippen LogP contribution in [0.25, 0.3) is 101 Å². The lowest BCUT2D eigenvalue weighted by Crippen LogP contribution is -2.28. The molecule has 0 N–H and O–H groups in total. The molecule has 0 bridgehead atoms. The molecule has 8 aliphatic heterocycles. The van der Waals surface area contributed by atoms with E-state index in [0.717, 1.165) is 204 Å². The van der Waals surface area contributed by atoms with Gasteiger partial charge < -0.3 is 51.4 Å². The quantitative estimate of drug-likeness (QED) is 0.0774. The zero-order chi connectivity index (χ0) is 95.8. The maximum atomic E-state index is 12.9. The fraction of sp³-hybridized carbons (Fsp3) is 0.288. The van der Waals surface area contributed by atoms with Crippen molar-refractivity contribution in [3.05, 3.63) is 339 Å². The van der Waals surface area contributed by atoms with Crippen LogP contribution in [-0.4, -0.2) is 82.0 Å². The van der Waals surface area contributed by atoms with E-state index in [2.05, 4.69) is 177 Å². The Morgan fingerprint density at radius 2 is 0.547 bits per heavy atom. The molecule has 19 nitrogen and oxygen atoms in total. The highest BCUT2D eigenvalue weighted by molar-refractivity contribution is 5.98. The standard InChI is InChI=1S/C32H29NO4.C32H29NO3.2C27H27NO4/c1-19(2)28-16-22-15-26(21-9-11-24(12-10-21)37-23-7-5-4-6-8-23)32-25(13-14-36-32)31(22)29-17-30(35)27(20(3)34)18-33(28)29;1-19(2)28-16-24-15-26(23-11-9-22(10-12-23)21-7-5-4-6-8-21)32-25(13-14-36-32)31(24)29-17-30(35)27(20(3)34)18-33(28)29;1-15(2)23-12-18-11-21(17-5-7-19(31-4)8-6-17)27-20(9-10-32-27)26(18)24-13-25(30)22(16(3)29)14-28(23)24;1-15(2)23-12-18-11-21(17-6-5-7-19(10-17)31-4)27-20(8-9-32-27)26(18)24-13-25(30)22(16(3)29)14-28(23)24/h4-12,15,17-19,28H,13-14,16H2,1-3H3;4-12,15,17-19,28H,13-14,16H2,1-3H3;5-8,11,13-15,23H,9-10,12H2,1-4H3;5-7,10-11,13-15,23H,8-9,12H2,1-4H3. The van der Waals surface area contributed by atoms with E-state index < -0.39 is 0 Å². The molecule has 0 saturated heterocycles. The second kappa shape index (κ2) is 37.5. The summed E-state index contributed by atoms with van der Waals surface area (Å²) in [5.74, 6) is 7.37. The van der Waals surface area contributed by atoms with Crippen LogP contribution in [0.5, 0.6) is 46.0 Å².